The first-order valence-corrected chi connectivity index (χ1v) is 5.54. The Bertz CT molecular complexity index is 353. The Kier molecular flexibility index (Phi) is 2.74. The third kappa shape index (κ3) is 1.88. The molecule has 1 aliphatic rings. The van der Waals surface area contributed by atoms with Crippen LogP contribution in [0.1, 0.15) is 38.2 Å². The zero-order valence-corrected chi connectivity index (χ0v) is 9.04. The Morgan fingerprint density at radius 2 is 2.47 bits per heavy atom. The number of rotatable bonds is 2. The van der Waals surface area contributed by atoms with Crippen molar-refractivity contribution >= 4 is 0 Å². The first-order valence-electron chi connectivity index (χ1n) is 5.54. The number of nitrogens with two attached hydrogens (primary N) is 1. The van der Waals surface area contributed by atoms with Crippen molar-refractivity contribution in [3.05, 3.63) is 29.8 Å². The van der Waals surface area contributed by atoms with Crippen molar-refractivity contribution in [1.82, 2.24) is 4.98 Å². The third-order valence-electron chi connectivity index (χ3n) is 3.54. The Hall–Kier alpha value is -0.960. The third-order valence-corrected chi connectivity index (χ3v) is 3.54. The monoisotopic (exact) mass is 208 g/mol. The summed E-state index contributed by atoms with van der Waals surface area (Å²) in [5.41, 5.74) is 6.45. The minimum absolute atomic E-state index is 0.267. The van der Waals surface area contributed by atoms with Crippen molar-refractivity contribution in [1.29, 1.82) is 0 Å². The highest BCUT2D eigenvalue weighted by Crippen LogP contribution is 2.41. The van der Waals surface area contributed by atoms with Gasteiger partial charge in [-0.3, -0.25) is 4.98 Å². The normalized spacial score (nSPS) is 30.7. The van der Waals surface area contributed by atoms with Crippen LogP contribution in [0.15, 0.2) is 18.5 Å². The van der Waals surface area contributed by atoms with Crippen LogP contribution in [0.4, 0.5) is 4.39 Å². The van der Waals surface area contributed by atoms with Gasteiger partial charge < -0.3 is 5.73 Å². The van der Waals surface area contributed by atoms with Gasteiger partial charge in [0.2, 0.25) is 0 Å². The average molecular weight is 208 g/mol. The van der Waals surface area contributed by atoms with E-state index >= 15 is 0 Å². The van der Waals surface area contributed by atoms with Crippen LogP contribution in [0, 0.1) is 11.7 Å². The van der Waals surface area contributed by atoms with Gasteiger partial charge >= 0.3 is 0 Å². The highest BCUT2D eigenvalue weighted by atomic mass is 19.1. The number of nitrogens with zero attached hydrogens (tertiary/aromatic N) is 1. The molecule has 1 aliphatic carbocycles. The summed E-state index contributed by atoms with van der Waals surface area (Å²) in [5.74, 6) is 0.374. The van der Waals surface area contributed by atoms with Gasteiger partial charge in [0.1, 0.15) is 5.82 Å². The Labute approximate surface area is 89.7 Å². The van der Waals surface area contributed by atoms with Gasteiger partial charge in [-0.25, -0.2) is 4.39 Å². The largest absolute Gasteiger partial charge is 0.321 e. The van der Waals surface area contributed by atoms with E-state index in [4.69, 9.17) is 5.73 Å². The molecule has 2 nitrogen and oxygen atoms in total. The predicted octanol–water partition coefficient (Wildman–Crippen LogP) is 2.58. The molecule has 1 aromatic heterocycles. The smallest absolute Gasteiger partial charge is 0.146 e. The summed E-state index contributed by atoms with van der Waals surface area (Å²) in [6.07, 6.45) is 6.88. The molecule has 15 heavy (non-hydrogen) atoms. The van der Waals surface area contributed by atoms with E-state index in [1.807, 2.05) is 0 Å². The summed E-state index contributed by atoms with van der Waals surface area (Å²) in [5, 5.41) is 0. The molecule has 3 heteroatoms. The van der Waals surface area contributed by atoms with Gasteiger partial charge in [0.05, 0.1) is 6.20 Å². The molecule has 0 radical (unpaired) electrons. The lowest BCUT2D eigenvalue weighted by atomic mass is 9.88. The summed E-state index contributed by atoms with van der Waals surface area (Å²) >= 11 is 0. The van der Waals surface area contributed by atoms with Gasteiger partial charge in [-0.15, -0.1) is 0 Å². The molecule has 1 saturated carbocycles. The maximum absolute atomic E-state index is 13.6. The topological polar surface area (TPSA) is 38.9 Å². The van der Waals surface area contributed by atoms with Gasteiger partial charge in [0.15, 0.2) is 0 Å². The van der Waals surface area contributed by atoms with Crippen LogP contribution in [0.25, 0.3) is 0 Å². The van der Waals surface area contributed by atoms with Gasteiger partial charge in [-0.05, 0) is 31.2 Å². The molecule has 1 heterocycles. The van der Waals surface area contributed by atoms with E-state index in [1.54, 1.807) is 12.3 Å². The second-order valence-electron chi connectivity index (χ2n) is 4.53. The van der Waals surface area contributed by atoms with E-state index in [0.717, 1.165) is 25.7 Å². The number of halogens is 1. The lowest BCUT2D eigenvalue weighted by Crippen LogP contribution is -2.34. The molecule has 2 rings (SSSR count). The zero-order valence-electron chi connectivity index (χ0n) is 9.04. The molecule has 2 unspecified atom stereocenters. The maximum Gasteiger partial charge on any atom is 0.146 e. The van der Waals surface area contributed by atoms with Crippen LogP contribution in [0.2, 0.25) is 0 Å². The zero-order chi connectivity index (χ0) is 10.9. The Morgan fingerprint density at radius 1 is 1.67 bits per heavy atom. The van der Waals surface area contributed by atoms with Crippen LogP contribution < -0.4 is 5.73 Å². The summed E-state index contributed by atoms with van der Waals surface area (Å²) in [7, 11) is 0. The molecule has 0 bridgehead atoms. The number of aromatic nitrogens is 1. The number of hydrogen-bond acceptors (Lipinski definition) is 2. The van der Waals surface area contributed by atoms with E-state index in [9.17, 15) is 4.39 Å². The minimum atomic E-state index is -0.465. The van der Waals surface area contributed by atoms with Crippen molar-refractivity contribution in [3.63, 3.8) is 0 Å². The molecular weight excluding hydrogens is 191 g/mol. The van der Waals surface area contributed by atoms with E-state index < -0.39 is 5.54 Å². The standard InChI is InChI=1S/C12H17FN2/c1-2-9-3-5-12(14,7-9)10-4-6-15-8-11(10)13/h4,6,8-9H,2-3,5,7,14H2,1H3. The first kappa shape index (κ1) is 10.6. The number of hydrogen-bond donors (Lipinski definition) is 1. The van der Waals surface area contributed by atoms with Crippen LogP contribution in [-0.4, -0.2) is 4.98 Å². The molecule has 0 aromatic carbocycles. The summed E-state index contributed by atoms with van der Waals surface area (Å²) in [6.45, 7) is 2.17. The molecule has 1 aromatic rings. The van der Waals surface area contributed by atoms with Crippen molar-refractivity contribution in [2.75, 3.05) is 0 Å². The Morgan fingerprint density at radius 3 is 3.07 bits per heavy atom. The molecule has 0 saturated heterocycles. The van der Waals surface area contributed by atoms with E-state index in [0.29, 0.717) is 11.5 Å². The fourth-order valence-electron chi connectivity index (χ4n) is 2.55. The fraction of sp³-hybridized carbons (Fsp3) is 0.583. The molecule has 0 amide bonds. The lowest BCUT2D eigenvalue weighted by Gasteiger charge is -2.25. The molecule has 0 spiro atoms. The fourth-order valence-corrected chi connectivity index (χ4v) is 2.55. The van der Waals surface area contributed by atoms with Gasteiger partial charge in [-0.1, -0.05) is 13.3 Å². The second kappa shape index (κ2) is 3.89. The van der Waals surface area contributed by atoms with Crippen molar-refractivity contribution in [3.8, 4) is 0 Å². The van der Waals surface area contributed by atoms with Crippen molar-refractivity contribution in [2.24, 2.45) is 11.7 Å². The molecule has 1 fully saturated rings. The van der Waals surface area contributed by atoms with E-state index in [1.165, 1.54) is 6.20 Å². The second-order valence-corrected chi connectivity index (χ2v) is 4.53. The summed E-state index contributed by atoms with van der Waals surface area (Å²) in [6, 6.07) is 1.72. The Balaban J connectivity index is 2.27. The highest BCUT2D eigenvalue weighted by molar-refractivity contribution is 5.24. The lowest BCUT2D eigenvalue weighted by molar-refractivity contribution is 0.404. The quantitative estimate of drug-likeness (QED) is 0.811. The van der Waals surface area contributed by atoms with Crippen LogP contribution in [0.5, 0.6) is 0 Å². The van der Waals surface area contributed by atoms with Crippen molar-refractivity contribution in [2.45, 2.75) is 38.1 Å². The SMILES string of the molecule is CCC1CCC(N)(c2ccncc2F)C1. The predicted molar refractivity (Wildman–Crippen MR) is 57.7 cm³/mol. The van der Waals surface area contributed by atoms with Crippen LogP contribution in [0.3, 0.4) is 0 Å². The van der Waals surface area contributed by atoms with Gasteiger partial charge in [-0.2, -0.15) is 0 Å². The van der Waals surface area contributed by atoms with Gasteiger partial charge in [0.25, 0.3) is 0 Å². The van der Waals surface area contributed by atoms with Gasteiger partial charge in [0, 0.05) is 17.3 Å². The summed E-state index contributed by atoms with van der Waals surface area (Å²) in [4.78, 5) is 3.76. The van der Waals surface area contributed by atoms with E-state index in [2.05, 4.69) is 11.9 Å². The molecule has 2 N–H and O–H groups in total. The van der Waals surface area contributed by atoms with Crippen LogP contribution >= 0.6 is 0 Å². The first-order chi connectivity index (χ1) is 7.15. The van der Waals surface area contributed by atoms with E-state index in [-0.39, 0.29) is 5.82 Å². The van der Waals surface area contributed by atoms with Crippen LogP contribution in [-0.2, 0) is 5.54 Å². The minimum Gasteiger partial charge on any atom is -0.321 e. The maximum atomic E-state index is 13.6. The highest BCUT2D eigenvalue weighted by Gasteiger charge is 2.37. The van der Waals surface area contributed by atoms with Crippen molar-refractivity contribution < 1.29 is 4.39 Å². The number of pyridine rings is 1. The molecule has 82 valence electrons. The molecule has 2 atom stereocenters. The average Bonchev–Trinajstić information content (AvgIpc) is 2.62. The molecular formula is C12H17FN2. The molecule has 0 aliphatic heterocycles. The summed E-state index contributed by atoms with van der Waals surface area (Å²) < 4.78 is 13.6.